The Morgan fingerprint density at radius 1 is 1.04 bits per heavy atom. The molecule has 0 bridgehead atoms. The van der Waals surface area contributed by atoms with Gasteiger partial charge in [-0.1, -0.05) is 37.8 Å². The number of carbonyl (C=O) groups excluding carboxylic acids is 2. The van der Waals surface area contributed by atoms with E-state index in [1.165, 1.54) is 12.8 Å². The number of nitrogens with one attached hydrogen (secondary N) is 2. The maximum absolute atomic E-state index is 12.1. The smallest absolute Gasteiger partial charge is 0.309 e. The van der Waals surface area contributed by atoms with Crippen molar-refractivity contribution in [1.82, 2.24) is 10.6 Å². The van der Waals surface area contributed by atoms with Gasteiger partial charge in [-0.05, 0) is 37.5 Å². The minimum absolute atomic E-state index is 0.132. The van der Waals surface area contributed by atoms with Gasteiger partial charge in [0.25, 0.3) is 0 Å². The van der Waals surface area contributed by atoms with E-state index in [2.05, 4.69) is 10.6 Å². The fourth-order valence-electron chi connectivity index (χ4n) is 2.91. The summed E-state index contributed by atoms with van der Waals surface area (Å²) in [5, 5.41) is 5.61. The summed E-state index contributed by atoms with van der Waals surface area (Å²) in [6.07, 6.45) is 6.60. The van der Waals surface area contributed by atoms with Crippen LogP contribution >= 0.6 is 0 Å². The van der Waals surface area contributed by atoms with E-state index >= 15 is 0 Å². The van der Waals surface area contributed by atoms with Crippen LogP contribution < -0.4 is 15.4 Å². The van der Waals surface area contributed by atoms with Crippen molar-refractivity contribution in [3.8, 4) is 5.75 Å². The molecule has 2 rings (SSSR count). The standard InChI is InChI=1S/C18H26N2O3/c1-13(14-9-11-16(23-2)12-10-14)19-17(21)18(22)20-15-7-5-3-4-6-8-15/h9-13,15H,3-8H2,1-2H3,(H,19,21)(H,20,22). The molecule has 1 aromatic rings. The predicted molar refractivity (Wildman–Crippen MR) is 89.2 cm³/mol. The van der Waals surface area contributed by atoms with Crippen molar-refractivity contribution < 1.29 is 14.3 Å². The molecule has 0 heterocycles. The zero-order valence-corrected chi connectivity index (χ0v) is 13.9. The largest absolute Gasteiger partial charge is 0.497 e. The summed E-state index contributed by atoms with van der Waals surface area (Å²) in [5.74, 6) is -0.340. The molecule has 1 unspecified atom stereocenters. The minimum atomic E-state index is -0.572. The van der Waals surface area contributed by atoms with Crippen molar-refractivity contribution in [3.05, 3.63) is 29.8 Å². The predicted octanol–water partition coefficient (Wildman–Crippen LogP) is 2.71. The van der Waals surface area contributed by atoms with Crippen molar-refractivity contribution in [1.29, 1.82) is 0 Å². The van der Waals surface area contributed by atoms with E-state index in [1.807, 2.05) is 31.2 Å². The van der Waals surface area contributed by atoms with Crippen LogP contribution in [0.1, 0.15) is 57.1 Å². The summed E-state index contributed by atoms with van der Waals surface area (Å²) in [6, 6.07) is 7.34. The van der Waals surface area contributed by atoms with E-state index in [0.717, 1.165) is 37.0 Å². The number of carbonyl (C=O) groups is 2. The molecule has 1 atom stereocenters. The summed E-state index contributed by atoms with van der Waals surface area (Å²) in [4.78, 5) is 24.1. The molecule has 0 radical (unpaired) electrons. The van der Waals surface area contributed by atoms with Crippen LogP contribution in [0, 0.1) is 0 Å². The number of ether oxygens (including phenoxy) is 1. The summed E-state index contributed by atoms with van der Waals surface area (Å²) in [5.41, 5.74) is 0.932. The van der Waals surface area contributed by atoms with E-state index in [-0.39, 0.29) is 12.1 Å². The van der Waals surface area contributed by atoms with Crippen LogP contribution in [0.4, 0.5) is 0 Å². The Morgan fingerprint density at radius 2 is 1.65 bits per heavy atom. The summed E-state index contributed by atoms with van der Waals surface area (Å²) in [6.45, 7) is 1.86. The van der Waals surface area contributed by atoms with Crippen molar-refractivity contribution in [2.75, 3.05) is 7.11 Å². The molecule has 1 fully saturated rings. The highest BCUT2D eigenvalue weighted by molar-refractivity contribution is 6.35. The minimum Gasteiger partial charge on any atom is -0.497 e. The van der Waals surface area contributed by atoms with Crippen LogP contribution in [0.25, 0.3) is 0 Å². The van der Waals surface area contributed by atoms with Gasteiger partial charge in [-0.15, -0.1) is 0 Å². The summed E-state index contributed by atoms with van der Waals surface area (Å²) < 4.78 is 5.11. The van der Waals surface area contributed by atoms with Crippen LogP contribution in [-0.4, -0.2) is 25.0 Å². The fraction of sp³-hybridized carbons (Fsp3) is 0.556. The molecule has 2 amide bonds. The van der Waals surface area contributed by atoms with E-state index in [4.69, 9.17) is 4.74 Å². The lowest BCUT2D eigenvalue weighted by molar-refractivity contribution is -0.140. The molecule has 0 spiro atoms. The Hall–Kier alpha value is -2.04. The summed E-state index contributed by atoms with van der Waals surface area (Å²) >= 11 is 0. The van der Waals surface area contributed by atoms with Gasteiger partial charge < -0.3 is 15.4 Å². The Bertz CT molecular complexity index is 520. The molecule has 0 aliphatic heterocycles. The van der Waals surface area contributed by atoms with Gasteiger partial charge in [0.05, 0.1) is 13.2 Å². The van der Waals surface area contributed by atoms with E-state index in [1.54, 1.807) is 7.11 Å². The van der Waals surface area contributed by atoms with Gasteiger partial charge in [0.15, 0.2) is 0 Å². The Labute approximate surface area is 137 Å². The SMILES string of the molecule is COc1ccc(C(C)NC(=O)C(=O)NC2CCCCCC2)cc1. The number of hydrogen-bond acceptors (Lipinski definition) is 3. The quantitative estimate of drug-likeness (QED) is 0.662. The first-order chi connectivity index (χ1) is 11.1. The maximum Gasteiger partial charge on any atom is 0.309 e. The van der Waals surface area contributed by atoms with Gasteiger partial charge in [-0.25, -0.2) is 0 Å². The number of benzene rings is 1. The van der Waals surface area contributed by atoms with Crippen molar-refractivity contribution >= 4 is 11.8 Å². The third kappa shape index (κ3) is 5.27. The molecule has 2 N–H and O–H groups in total. The van der Waals surface area contributed by atoms with Crippen molar-refractivity contribution in [2.24, 2.45) is 0 Å². The molecule has 23 heavy (non-hydrogen) atoms. The lowest BCUT2D eigenvalue weighted by Gasteiger charge is -2.18. The van der Waals surface area contributed by atoms with Gasteiger partial charge in [-0.2, -0.15) is 0 Å². The Morgan fingerprint density at radius 3 is 2.22 bits per heavy atom. The fourth-order valence-corrected chi connectivity index (χ4v) is 2.91. The van der Waals surface area contributed by atoms with Crippen molar-refractivity contribution in [2.45, 2.75) is 57.5 Å². The topological polar surface area (TPSA) is 67.4 Å². The third-order valence-corrected chi connectivity index (χ3v) is 4.36. The van der Waals surface area contributed by atoms with Gasteiger partial charge >= 0.3 is 11.8 Å². The third-order valence-electron chi connectivity index (χ3n) is 4.36. The van der Waals surface area contributed by atoms with Crippen LogP contribution in [0.2, 0.25) is 0 Å². The van der Waals surface area contributed by atoms with E-state index in [0.29, 0.717) is 0 Å². The molecule has 1 aliphatic carbocycles. The van der Waals surface area contributed by atoms with E-state index in [9.17, 15) is 9.59 Å². The Balaban J connectivity index is 1.85. The molecule has 1 saturated carbocycles. The monoisotopic (exact) mass is 318 g/mol. The van der Waals surface area contributed by atoms with Crippen molar-refractivity contribution in [3.63, 3.8) is 0 Å². The molecule has 1 aromatic carbocycles. The van der Waals surface area contributed by atoms with Crippen LogP contribution in [0.5, 0.6) is 5.75 Å². The molecular weight excluding hydrogens is 292 g/mol. The molecule has 0 aromatic heterocycles. The average molecular weight is 318 g/mol. The number of amides is 2. The highest BCUT2D eigenvalue weighted by atomic mass is 16.5. The van der Waals surface area contributed by atoms with Gasteiger partial charge in [0.2, 0.25) is 0 Å². The van der Waals surface area contributed by atoms with Crippen LogP contribution in [0.3, 0.4) is 0 Å². The second-order valence-corrected chi connectivity index (χ2v) is 6.13. The zero-order valence-electron chi connectivity index (χ0n) is 13.9. The molecule has 5 heteroatoms. The first kappa shape index (κ1) is 17.3. The van der Waals surface area contributed by atoms with Crippen LogP contribution in [-0.2, 0) is 9.59 Å². The normalized spacial score (nSPS) is 17.0. The number of methoxy groups -OCH3 is 1. The van der Waals surface area contributed by atoms with Gasteiger partial charge in [0.1, 0.15) is 5.75 Å². The first-order valence-corrected chi connectivity index (χ1v) is 8.35. The van der Waals surface area contributed by atoms with E-state index < -0.39 is 11.8 Å². The first-order valence-electron chi connectivity index (χ1n) is 8.35. The average Bonchev–Trinajstić information content (AvgIpc) is 2.83. The zero-order chi connectivity index (χ0) is 16.7. The molecule has 0 saturated heterocycles. The lowest BCUT2D eigenvalue weighted by atomic mass is 10.1. The van der Waals surface area contributed by atoms with Gasteiger partial charge in [0, 0.05) is 6.04 Å². The second kappa shape index (κ2) is 8.56. The highest BCUT2D eigenvalue weighted by Gasteiger charge is 2.21. The van der Waals surface area contributed by atoms with Gasteiger partial charge in [-0.3, -0.25) is 9.59 Å². The second-order valence-electron chi connectivity index (χ2n) is 6.13. The number of rotatable bonds is 4. The lowest BCUT2D eigenvalue weighted by Crippen LogP contribution is -2.45. The highest BCUT2D eigenvalue weighted by Crippen LogP contribution is 2.18. The Kier molecular flexibility index (Phi) is 6.44. The molecule has 5 nitrogen and oxygen atoms in total. The number of hydrogen-bond donors (Lipinski definition) is 2. The molecule has 1 aliphatic rings. The maximum atomic E-state index is 12.1. The molecular formula is C18H26N2O3. The van der Waals surface area contributed by atoms with Crippen LogP contribution in [0.15, 0.2) is 24.3 Å². The molecule has 126 valence electrons. The summed E-state index contributed by atoms with van der Waals surface area (Å²) in [7, 11) is 1.61.